The lowest BCUT2D eigenvalue weighted by molar-refractivity contribution is 0.194. The van der Waals surface area contributed by atoms with Gasteiger partial charge in [-0.1, -0.05) is 6.42 Å². The topological polar surface area (TPSA) is 41.0 Å². The van der Waals surface area contributed by atoms with E-state index in [2.05, 4.69) is 27.2 Å². The summed E-state index contributed by atoms with van der Waals surface area (Å²) in [4.78, 5) is 11.9. The molecule has 19 heavy (non-hydrogen) atoms. The maximum atomic E-state index is 5.96. The molecular formula is C13H17ClN4S. The molecule has 0 aromatic carbocycles. The van der Waals surface area contributed by atoms with Gasteiger partial charge < -0.3 is 10.2 Å². The molecule has 0 aliphatic carbocycles. The molecule has 2 aromatic heterocycles. The third-order valence-electron chi connectivity index (χ3n) is 3.72. The SMILES string of the molecule is CN1CCCCC1CNc1nc(Cl)nc2sccc12. The van der Waals surface area contributed by atoms with Gasteiger partial charge in [-0.15, -0.1) is 11.3 Å². The van der Waals surface area contributed by atoms with Gasteiger partial charge in [0.2, 0.25) is 5.28 Å². The summed E-state index contributed by atoms with van der Waals surface area (Å²) < 4.78 is 0. The molecule has 6 heteroatoms. The molecule has 0 amide bonds. The molecule has 3 rings (SSSR count). The van der Waals surface area contributed by atoms with E-state index in [1.54, 1.807) is 11.3 Å². The maximum absolute atomic E-state index is 5.96. The highest BCUT2D eigenvalue weighted by Gasteiger charge is 2.19. The average molecular weight is 297 g/mol. The minimum absolute atomic E-state index is 0.314. The van der Waals surface area contributed by atoms with E-state index in [0.29, 0.717) is 11.3 Å². The molecule has 0 saturated carbocycles. The van der Waals surface area contributed by atoms with E-state index in [1.807, 2.05) is 11.4 Å². The molecule has 3 heterocycles. The van der Waals surface area contributed by atoms with Crippen molar-refractivity contribution in [2.75, 3.05) is 25.5 Å². The Morgan fingerprint density at radius 3 is 3.21 bits per heavy atom. The van der Waals surface area contributed by atoms with Gasteiger partial charge >= 0.3 is 0 Å². The second-order valence-corrected chi connectivity index (χ2v) is 6.22. The molecule has 1 aliphatic heterocycles. The number of thiophene rings is 1. The zero-order chi connectivity index (χ0) is 13.2. The number of nitrogens with one attached hydrogen (secondary N) is 1. The molecule has 1 atom stereocenters. The van der Waals surface area contributed by atoms with Crippen molar-refractivity contribution in [1.29, 1.82) is 0 Å². The van der Waals surface area contributed by atoms with Gasteiger partial charge in [0, 0.05) is 12.6 Å². The lowest BCUT2D eigenvalue weighted by Crippen LogP contribution is -2.40. The van der Waals surface area contributed by atoms with Crippen LogP contribution in [0.2, 0.25) is 5.28 Å². The van der Waals surface area contributed by atoms with Crippen molar-refractivity contribution in [2.45, 2.75) is 25.3 Å². The third kappa shape index (κ3) is 2.83. The second kappa shape index (κ2) is 5.61. The second-order valence-electron chi connectivity index (χ2n) is 4.99. The van der Waals surface area contributed by atoms with E-state index in [-0.39, 0.29) is 0 Å². The predicted octanol–water partition coefficient (Wildman–Crippen LogP) is 3.24. The summed E-state index contributed by atoms with van der Waals surface area (Å²) in [6.45, 7) is 2.10. The summed E-state index contributed by atoms with van der Waals surface area (Å²) in [5.41, 5.74) is 0. The zero-order valence-electron chi connectivity index (χ0n) is 10.9. The van der Waals surface area contributed by atoms with Crippen LogP contribution >= 0.6 is 22.9 Å². The van der Waals surface area contributed by atoms with E-state index < -0.39 is 0 Å². The van der Waals surface area contributed by atoms with Crippen LogP contribution in [0, 0.1) is 0 Å². The molecule has 1 saturated heterocycles. The van der Waals surface area contributed by atoms with Gasteiger partial charge in [-0.25, -0.2) is 9.97 Å². The Labute approximate surface area is 121 Å². The highest BCUT2D eigenvalue weighted by Crippen LogP contribution is 2.26. The molecule has 0 radical (unpaired) electrons. The fourth-order valence-electron chi connectivity index (χ4n) is 2.58. The first-order valence-corrected chi connectivity index (χ1v) is 7.84. The predicted molar refractivity (Wildman–Crippen MR) is 81.2 cm³/mol. The van der Waals surface area contributed by atoms with Crippen molar-refractivity contribution in [3.63, 3.8) is 0 Å². The third-order valence-corrected chi connectivity index (χ3v) is 4.70. The van der Waals surface area contributed by atoms with Crippen LogP contribution in [0.3, 0.4) is 0 Å². The van der Waals surface area contributed by atoms with E-state index in [9.17, 15) is 0 Å². The first-order valence-electron chi connectivity index (χ1n) is 6.59. The van der Waals surface area contributed by atoms with E-state index in [4.69, 9.17) is 11.6 Å². The molecule has 0 bridgehead atoms. The molecule has 4 nitrogen and oxygen atoms in total. The van der Waals surface area contributed by atoms with Crippen molar-refractivity contribution >= 4 is 39.0 Å². The number of hydrogen-bond acceptors (Lipinski definition) is 5. The summed E-state index contributed by atoms with van der Waals surface area (Å²) >= 11 is 7.56. The van der Waals surface area contributed by atoms with Gasteiger partial charge in [0.15, 0.2) is 0 Å². The van der Waals surface area contributed by atoms with Crippen LogP contribution in [0.15, 0.2) is 11.4 Å². The molecule has 1 unspecified atom stereocenters. The van der Waals surface area contributed by atoms with Crippen molar-refractivity contribution in [2.24, 2.45) is 0 Å². The number of nitrogens with zero attached hydrogens (tertiary/aromatic N) is 3. The Kier molecular flexibility index (Phi) is 3.86. The van der Waals surface area contributed by atoms with Crippen LogP contribution in [0.4, 0.5) is 5.82 Å². The van der Waals surface area contributed by atoms with Crippen LogP contribution < -0.4 is 5.32 Å². The number of aromatic nitrogens is 2. The van der Waals surface area contributed by atoms with Gasteiger partial charge in [0.25, 0.3) is 0 Å². The van der Waals surface area contributed by atoms with Crippen LogP contribution in [-0.4, -0.2) is 41.0 Å². The molecule has 0 spiro atoms. The fourth-order valence-corrected chi connectivity index (χ4v) is 3.56. The highest BCUT2D eigenvalue weighted by molar-refractivity contribution is 7.16. The quantitative estimate of drug-likeness (QED) is 0.883. The number of likely N-dealkylation sites (tertiary alicyclic amines) is 1. The smallest absolute Gasteiger partial charge is 0.225 e. The van der Waals surface area contributed by atoms with Gasteiger partial charge in [-0.3, -0.25) is 0 Å². The number of halogens is 1. The lowest BCUT2D eigenvalue weighted by Gasteiger charge is -2.32. The highest BCUT2D eigenvalue weighted by atomic mass is 35.5. The monoisotopic (exact) mass is 296 g/mol. The normalized spacial score (nSPS) is 20.8. The minimum Gasteiger partial charge on any atom is -0.368 e. The number of hydrogen-bond donors (Lipinski definition) is 1. The Hall–Kier alpha value is -0.910. The number of fused-ring (bicyclic) bond motifs is 1. The van der Waals surface area contributed by atoms with E-state index >= 15 is 0 Å². The van der Waals surface area contributed by atoms with Crippen LogP contribution in [-0.2, 0) is 0 Å². The molecule has 1 aliphatic rings. The Bertz CT molecular complexity index is 571. The minimum atomic E-state index is 0.314. The molecule has 102 valence electrons. The standard InChI is InChI=1S/C13H17ClN4S/c1-18-6-3-2-4-9(18)8-15-11-10-5-7-19-12(10)17-13(14)16-11/h5,7,9H,2-4,6,8H2,1H3,(H,15,16,17). The first kappa shape index (κ1) is 13.1. The van der Waals surface area contributed by atoms with Crippen LogP contribution in [0.1, 0.15) is 19.3 Å². The van der Waals surface area contributed by atoms with Crippen molar-refractivity contribution < 1.29 is 0 Å². The Morgan fingerprint density at radius 2 is 2.37 bits per heavy atom. The summed E-state index contributed by atoms with van der Waals surface area (Å²) in [6.07, 6.45) is 3.87. The van der Waals surface area contributed by atoms with Gasteiger partial charge in [-0.2, -0.15) is 0 Å². The van der Waals surface area contributed by atoms with Crippen LogP contribution in [0.5, 0.6) is 0 Å². The molecule has 1 fully saturated rings. The largest absolute Gasteiger partial charge is 0.368 e. The van der Waals surface area contributed by atoms with Gasteiger partial charge in [-0.05, 0) is 49.5 Å². The van der Waals surface area contributed by atoms with Gasteiger partial charge in [0.05, 0.1) is 5.39 Å². The van der Waals surface area contributed by atoms with Crippen LogP contribution in [0.25, 0.3) is 10.2 Å². The Morgan fingerprint density at radius 1 is 1.47 bits per heavy atom. The summed E-state index contributed by atoms with van der Waals surface area (Å²) in [6, 6.07) is 2.62. The van der Waals surface area contributed by atoms with Gasteiger partial charge in [0.1, 0.15) is 10.6 Å². The van der Waals surface area contributed by atoms with E-state index in [0.717, 1.165) is 22.6 Å². The zero-order valence-corrected chi connectivity index (χ0v) is 12.5. The Balaban J connectivity index is 1.75. The van der Waals surface area contributed by atoms with Crippen molar-refractivity contribution in [3.05, 3.63) is 16.7 Å². The summed E-state index contributed by atoms with van der Waals surface area (Å²) in [7, 11) is 2.19. The molecule has 1 N–H and O–H groups in total. The molecular weight excluding hydrogens is 280 g/mol. The summed E-state index contributed by atoms with van der Waals surface area (Å²) in [5, 5.41) is 6.84. The average Bonchev–Trinajstić information content (AvgIpc) is 2.85. The maximum Gasteiger partial charge on any atom is 0.225 e. The van der Waals surface area contributed by atoms with Crippen molar-refractivity contribution in [1.82, 2.24) is 14.9 Å². The van der Waals surface area contributed by atoms with E-state index in [1.165, 1.54) is 25.8 Å². The fraction of sp³-hybridized carbons (Fsp3) is 0.538. The first-order chi connectivity index (χ1) is 9.24. The number of likely N-dealkylation sites (N-methyl/N-ethyl adjacent to an activating group) is 1. The lowest BCUT2D eigenvalue weighted by atomic mass is 10.0. The summed E-state index contributed by atoms with van der Waals surface area (Å²) in [5.74, 6) is 0.857. The number of piperidine rings is 1. The molecule has 2 aromatic rings. The number of anilines is 1. The van der Waals surface area contributed by atoms with Crippen molar-refractivity contribution in [3.8, 4) is 0 Å². The number of rotatable bonds is 3.